The maximum atomic E-state index is 10.7. The van der Waals surface area contributed by atoms with Crippen molar-refractivity contribution in [2.75, 3.05) is 5.32 Å². The standard InChI is InChI=1S/C11H10N6O/c1-7-14-6-17(16-7)10-3-2-9(15-11(13)18)4-8(10)5-12/h2-4,6H,1H3,(H3,13,15,18). The van der Waals surface area contributed by atoms with Gasteiger partial charge in [0.25, 0.3) is 0 Å². The second kappa shape index (κ2) is 4.55. The van der Waals surface area contributed by atoms with E-state index in [0.29, 0.717) is 22.8 Å². The van der Waals surface area contributed by atoms with Crippen molar-refractivity contribution in [1.82, 2.24) is 14.8 Å². The summed E-state index contributed by atoms with van der Waals surface area (Å²) in [5, 5.41) is 15.6. The summed E-state index contributed by atoms with van der Waals surface area (Å²) < 4.78 is 1.50. The number of aryl methyl sites for hydroxylation is 1. The zero-order valence-electron chi connectivity index (χ0n) is 9.58. The molecule has 1 aromatic heterocycles. The minimum absolute atomic E-state index is 0.367. The molecule has 2 amide bonds. The van der Waals surface area contributed by atoms with E-state index in [4.69, 9.17) is 11.0 Å². The van der Waals surface area contributed by atoms with Crippen LogP contribution in [0.3, 0.4) is 0 Å². The van der Waals surface area contributed by atoms with Crippen molar-refractivity contribution in [3.63, 3.8) is 0 Å². The van der Waals surface area contributed by atoms with Crippen LogP contribution in [0.2, 0.25) is 0 Å². The van der Waals surface area contributed by atoms with Gasteiger partial charge in [0.1, 0.15) is 18.2 Å². The number of amides is 2. The molecule has 0 atom stereocenters. The SMILES string of the molecule is Cc1ncn(-c2ccc(NC(N)=O)cc2C#N)n1. The van der Waals surface area contributed by atoms with Gasteiger partial charge in [0.2, 0.25) is 0 Å². The van der Waals surface area contributed by atoms with Crippen molar-refractivity contribution in [2.24, 2.45) is 5.73 Å². The molecule has 0 unspecified atom stereocenters. The van der Waals surface area contributed by atoms with Crippen molar-refractivity contribution in [1.29, 1.82) is 5.26 Å². The van der Waals surface area contributed by atoms with Crippen molar-refractivity contribution in [2.45, 2.75) is 6.92 Å². The van der Waals surface area contributed by atoms with E-state index in [1.807, 2.05) is 6.07 Å². The molecule has 7 nitrogen and oxygen atoms in total. The van der Waals surface area contributed by atoms with E-state index in [0.717, 1.165) is 0 Å². The van der Waals surface area contributed by atoms with Crippen LogP contribution in [-0.4, -0.2) is 20.8 Å². The van der Waals surface area contributed by atoms with Crippen LogP contribution in [0.4, 0.5) is 10.5 Å². The Morgan fingerprint density at radius 1 is 1.56 bits per heavy atom. The Bertz CT molecular complexity index is 639. The number of benzene rings is 1. The van der Waals surface area contributed by atoms with E-state index in [1.165, 1.54) is 17.1 Å². The van der Waals surface area contributed by atoms with Crippen LogP contribution in [0.25, 0.3) is 5.69 Å². The molecule has 1 aromatic carbocycles. The molecule has 0 radical (unpaired) electrons. The Labute approximate surface area is 103 Å². The third kappa shape index (κ3) is 2.27. The average Bonchev–Trinajstić information content (AvgIpc) is 2.74. The van der Waals surface area contributed by atoms with E-state index in [2.05, 4.69) is 15.4 Å². The largest absolute Gasteiger partial charge is 0.351 e. The van der Waals surface area contributed by atoms with Crippen LogP contribution < -0.4 is 11.1 Å². The molecule has 2 rings (SSSR count). The highest BCUT2D eigenvalue weighted by atomic mass is 16.2. The molecule has 0 spiro atoms. The molecule has 3 N–H and O–H groups in total. The first-order chi connectivity index (χ1) is 8.60. The van der Waals surface area contributed by atoms with Gasteiger partial charge in [-0.15, -0.1) is 0 Å². The van der Waals surface area contributed by atoms with E-state index < -0.39 is 6.03 Å². The number of urea groups is 1. The Balaban J connectivity index is 2.44. The molecule has 0 aliphatic heterocycles. The lowest BCUT2D eigenvalue weighted by Gasteiger charge is -2.06. The summed E-state index contributed by atoms with van der Waals surface area (Å²) in [6.07, 6.45) is 1.52. The van der Waals surface area contributed by atoms with Gasteiger partial charge in [-0.25, -0.2) is 14.5 Å². The molecule has 7 heteroatoms. The number of nitrogens with zero attached hydrogens (tertiary/aromatic N) is 4. The van der Waals surface area contributed by atoms with Gasteiger partial charge < -0.3 is 11.1 Å². The summed E-state index contributed by atoms with van der Waals surface area (Å²) in [4.78, 5) is 14.7. The van der Waals surface area contributed by atoms with Gasteiger partial charge >= 0.3 is 6.03 Å². The van der Waals surface area contributed by atoms with Crippen molar-refractivity contribution < 1.29 is 4.79 Å². The molecule has 0 saturated carbocycles. The Morgan fingerprint density at radius 2 is 2.33 bits per heavy atom. The van der Waals surface area contributed by atoms with Crippen molar-refractivity contribution in [3.05, 3.63) is 35.9 Å². The predicted octanol–water partition coefficient (Wildman–Crippen LogP) is 0.938. The van der Waals surface area contributed by atoms with Crippen LogP contribution in [0.1, 0.15) is 11.4 Å². The van der Waals surface area contributed by atoms with Gasteiger partial charge in [-0.05, 0) is 25.1 Å². The maximum Gasteiger partial charge on any atom is 0.316 e. The first kappa shape index (κ1) is 11.6. The second-order valence-electron chi connectivity index (χ2n) is 3.57. The van der Waals surface area contributed by atoms with Crippen LogP contribution in [0.5, 0.6) is 0 Å². The molecule has 18 heavy (non-hydrogen) atoms. The quantitative estimate of drug-likeness (QED) is 0.816. The second-order valence-corrected chi connectivity index (χ2v) is 3.57. The number of carbonyl (C=O) groups is 1. The van der Waals surface area contributed by atoms with Crippen LogP contribution in [0, 0.1) is 18.3 Å². The van der Waals surface area contributed by atoms with Crippen molar-refractivity contribution >= 4 is 11.7 Å². The number of aromatic nitrogens is 3. The molecule has 0 aliphatic rings. The molecule has 0 bridgehead atoms. The lowest BCUT2D eigenvalue weighted by molar-refractivity contribution is 0.259. The van der Waals surface area contributed by atoms with Gasteiger partial charge in [0, 0.05) is 5.69 Å². The van der Waals surface area contributed by atoms with Gasteiger partial charge in [-0.1, -0.05) is 0 Å². The third-order valence-electron chi connectivity index (χ3n) is 2.24. The lowest BCUT2D eigenvalue weighted by atomic mass is 10.1. The molecule has 0 saturated heterocycles. The van der Waals surface area contributed by atoms with Gasteiger partial charge in [-0.3, -0.25) is 0 Å². The number of primary amides is 1. The Hall–Kier alpha value is -2.88. The number of nitriles is 1. The van der Waals surface area contributed by atoms with E-state index in [1.54, 1.807) is 19.1 Å². The summed E-state index contributed by atoms with van der Waals surface area (Å²) in [5.74, 6) is 0.609. The zero-order valence-corrected chi connectivity index (χ0v) is 9.58. The van der Waals surface area contributed by atoms with Gasteiger partial charge in [0.15, 0.2) is 0 Å². The minimum atomic E-state index is -0.678. The first-order valence-corrected chi connectivity index (χ1v) is 5.09. The van der Waals surface area contributed by atoms with Gasteiger partial charge in [0.05, 0.1) is 11.3 Å². The normalized spacial score (nSPS) is 9.78. The number of hydrogen-bond donors (Lipinski definition) is 2. The smallest absolute Gasteiger partial charge is 0.316 e. The predicted molar refractivity (Wildman–Crippen MR) is 64.0 cm³/mol. The van der Waals surface area contributed by atoms with E-state index >= 15 is 0 Å². The van der Waals surface area contributed by atoms with Gasteiger partial charge in [-0.2, -0.15) is 10.4 Å². The summed E-state index contributed by atoms with van der Waals surface area (Å²) in [6, 6.07) is 6.19. The molecule has 1 heterocycles. The topological polar surface area (TPSA) is 110 Å². The van der Waals surface area contributed by atoms with Crippen LogP contribution in [0.15, 0.2) is 24.5 Å². The van der Waals surface area contributed by atoms with E-state index in [9.17, 15) is 4.79 Å². The van der Waals surface area contributed by atoms with E-state index in [-0.39, 0.29) is 0 Å². The Kier molecular flexibility index (Phi) is 2.93. The number of rotatable bonds is 2. The average molecular weight is 242 g/mol. The molecular weight excluding hydrogens is 232 g/mol. The highest BCUT2D eigenvalue weighted by molar-refractivity contribution is 5.88. The fraction of sp³-hybridized carbons (Fsp3) is 0.0909. The summed E-state index contributed by atoms with van der Waals surface area (Å²) in [7, 11) is 0. The number of nitrogens with one attached hydrogen (secondary N) is 1. The molecule has 0 aliphatic carbocycles. The summed E-state index contributed by atoms with van der Waals surface area (Å²) in [5.41, 5.74) is 6.42. The summed E-state index contributed by atoms with van der Waals surface area (Å²) in [6.45, 7) is 1.76. The minimum Gasteiger partial charge on any atom is -0.351 e. The third-order valence-corrected chi connectivity index (χ3v) is 2.24. The highest BCUT2D eigenvalue weighted by Crippen LogP contribution is 2.18. The molecule has 0 fully saturated rings. The lowest BCUT2D eigenvalue weighted by Crippen LogP contribution is -2.19. The summed E-state index contributed by atoms with van der Waals surface area (Å²) >= 11 is 0. The van der Waals surface area contributed by atoms with Crippen LogP contribution in [-0.2, 0) is 0 Å². The maximum absolute atomic E-state index is 10.7. The number of anilines is 1. The number of nitrogens with two attached hydrogens (primary N) is 1. The fourth-order valence-electron chi connectivity index (χ4n) is 1.51. The van der Waals surface area contributed by atoms with Crippen LogP contribution >= 0.6 is 0 Å². The molecule has 2 aromatic rings. The monoisotopic (exact) mass is 242 g/mol. The fourth-order valence-corrected chi connectivity index (χ4v) is 1.51. The Morgan fingerprint density at radius 3 is 2.89 bits per heavy atom. The first-order valence-electron chi connectivity index (χ1n) is 5.09. The highest BCUT2D eigenvalue weighted by Gasteiger charge is 2.08. The van der Waals surface area contributed by atoms with Crippen molar-refractivity contribution in [3.8, 4) is 11.8 Å². The zero-order chi connectivity index (χ0) is 13.1. The molecular formula is C11H10N6O. The molecule has 90 valence electrons. The number of hydrogen-bond acceptors (Lipinski definition) is 4. The number of carbonyl (C=O) groups excluding carboxylic acids is 1.